The molecule has 0 fully saturated rings. The Morgan fingerprint density at radius 1 is 1.40 bits per heavy atom. The van der Waals surface area contributed by atoms with Crippen molar-refractivity contribution in [2.24, 2.45) is 5.10 Å². The molecular weight excluding hydrogens is 389 g/mol. The number of ether oxygens (including phenoxy) is 1. The molecule has 0 spiro atoms. The Balaban J connectivity index is 2.03. The summed E-state index contributed by atoms with van der Waals surface area (Å²) in [5.41, 5.74) is 2.84. The molecule has 0 atom stereocenters. The van der Waals surface area contributed by atoms with Crippen molar-refractivity contribution in [2.75, 3.05) is 6.61 Å². The molecule has 0 aliphatic heterocycles. The smallest absolute Gasteiger partial charge is 0.274 e. The number of nitrogens with zero attached hydrogens (tertiary/aromatic N) is 2. The SMILES string of the molecule is C#CCOc1ccc(/C=N\NC(=O)c2ccc(C#N)cc2F)cc1Br. The van der Waals surface area contributed by atoms with E-state index in [-0.39, 0.29) is 17.7 Å². The summed E-state index contributed by atoms with van der Waals surface area (Å²) in [6, 6.07) is 10.5. The topological polar surface area (TPSA) is 74.5 Å². The Bertz CT molecular complexity index is 914. The molecule has 2 rings (SSSR count). The van der Waals surface area contributed by atoms with Gasteiger partial charge in [-0.25, -0.2) is 9.82 Å². The molecule has 7 heteroatoms. The van der Waals surface area contributed by atoms with Crippen LogP contribution in [0.25, 0.3) is 0 Å². The lowest BCUT2D eigenvalue weighted by atomic mass is 10.1. The van der Waals surface area contributed by atoms with Gasteiger partial charge < -0.3 is 4.74 Å². The molecule has 0 aromatic heterocycles. The van der Waals surface area contributed by atoms with Crippen LogP contribution in [-0.4, -0.2) is 18.7 Å². The predicted molar refractivity (Wildman–Crippen MR) is 94.6 cm³/mol. The van der Waals surface area contributed by atoms with Gasteiger partial charge in [0.05, 0.1) is 27.9 Å². The van der Waals surface area contributed by atoms with Crippen LogP contribution < -0.4 is 10.2 Å². The molecule has 2 aromatic rings. The van der Waals surface area contributed by atoms with Gasteiger partial charge in [-0.2, -0.15) is 10.4 Å². The van der Waals surface area contributed by atoms with E-state index in [4.69, 9.17) is 16.4 Å². The van der Waals surface area contributed by atoms with Crippen LogP contribution in [0.15, 0.2) is 46.0 Å². The Hall–Kier alpha value is -3.16. The maximum absolute atomic E-state index is 13.7. The van der Waals surface area contributed by atoms with Crippen molar-refractivity contribution in [3.05, 3.63) is 63.4 Å². The molecular formula is C18H11BrFN3O2. The normalized spacial score (nSPS) is 10.1. The Kier molecular flexibility index (Phi) is 6.27. The molecule has 2 aromatic carbocycles. The zero-order chi connectivity index (χ0) is 18.2. The third kappa shape index (κ3) is 4.90. The molecule has 0 saturated carbocycles. The van der Waals surface area contributed by atoms with E-state index in [1.165, 1.54) is 18.3 Å². The van der Waals surface area contributed by atoms with Crippen molar-refractivity contribution in [3.63, 3.8) is 0 Å². The Labute approximate surface area is 152 Å². The molecule has 124 valence electrons. The second-order valence-corrected chi connectivity index (χ2v) is 5.54. The number of carbonyl (C=O) groups is 1. The average molecular weight is 400 g/mol. The highest BCUT2D eigenvalue weighted by Crippen LogP contribution is 2.25. The van der Waals surface area contributed by atoms with Crippen LogP contribution in [0, 0.1) is 29.5 Å². The van der Waals surface area contributed by atoms with Gasteiger partial charge in [0.25, 0.3) is 5.91 Å². The minimum atomic E-state index is -0.787. The first kappa shape index (κ1) is 18.2. The number of hydrazone groups is 1. The molecule has 25 heavy (non-hydrogen) atoms. The van der Waals surface area contributed by atoms with Crippen LogP contribution in [0.2, 0.25) is 0 Å². The lowest BCUT2D eigenvalue weighted by Crippen LogP contribution is -2.19. The van der Waals surface area contributed by atoms with E-state index in [1.54, 1.807) is 24.3 Å². The van der Waals surface area contributed by atoms with E-state index in [1.807, 2.05) is 0 Å². The number of hydrogen-bond donors (Lipinski definition) is 1. The van der Waals surface area contributed by atoms with Crippen LogP contribution in [0.1, 0.15) is 21.5 Å². The van der Waals surface area contributed by atoms with Crippen molar-refractivity contribution >= 4 is 28.1 Å². The fourth-order valence-electron chi connectivity index (χ4n) is 1.83. The molecule has 0 bridgehead atoms. The summed E-state index contributed by atoms with van der Waals surface area (Å²) in [4.78, 5) is 11.9. The summed E-state index contributed by atoms with van der Waals surface area (Å²) < 4.78 is 19.7. The second-order valence-electron chi connectivity index (χ2n) is 4.69. The Morgan fingerprint density at radius 3 is 2.84 bits per heavy atom. The number of amides is 1. The van der Waals surface area contributed by atoms with Gasteiger partial charge in [0.15, 0.2) is 0 Å². The third-order valence-corrected chi connectivity index (χ3v) is 3.61. The van der Waals surface area contributed by atoms with Crippen LogP contribution in [-0.2, 0) is 0 Å². The van der Waals surface area contributed by atoms with Gasteiger partial charge in [-0.3, -0.25) is 4.79 Å². The molecule has 0 heterocycles. The average Bonchev–Trinajstić information content (AvgIpc) is 2.60. The number of benzene rings is 2. The van der Waals surface area contributed by atoms with Gasteiger partial charge in [-0.1, -0.05) is 5.92 Å². The zero-order valence-corrected chi connectivity index (χ0v) is 14.4. The fourth-order valence-corrected chi connectivity index (χ4v) is 2.34. The zero-order valence-electron chi connectivity index (χ0n) is 12.8. The maximum atomic E-state index is 13.7. The van der Waals surface area contributed by atoms with Gasteiger partial charge in [0.2, 0.25) is 0 Å². The van der Waals surface area contributed by atoms with E-state index in [2.05, 4.69) is 32.4 Å². The highest BCUT2D eigenvalue weighted by molar-refractivity contribution is 9.10. The molecule has 0 saturated heterocycles. The number of halogens is 2. The van der Waals surface area contributed by atoms with Gasteiger partial charge in [0.1, 0.15) is 18.2 Å². The molecule has 0 radical (unpaired) electrons. The van der Waals surface area contributed by atoms with Crippen molar-refractivity contribution in [1.82, 2.24) is 5.43 Å². The molecule has 1 amide bonds. The largest absolute Gasteiger partial charge is 0.480 e. The third-order valence-electron chi connectivity index (χ3n) is 2.99. The summed E-state index contributed by atoms with van der Waals surface area (Å²) in [5, 5.41) is 12.5. The number of carbonyl (C=O) groups excluding carboxylic acids is 1. The van der Waals surface area contributed by atoms with Gasteiger partial charge >= 0.3 is 0 Å². The number of terminal acetylenes is 1. The summed E-state index contributed by atoms with van der Waals surface area (Å²) in [7, 11) is 0. The quantitative estimate of drug-likeness (QED) is 0.476. The second kappa shape index (κ2) is 8.62. The van der Waals surface area contributed by atoms with Gasteiger partial charge in [-0.15, -0.1) is 6.42 Å². The van der Waals surface area contributed by atoms with Crippen LogP contribution in [0.4, 0.5) is 4.39 Å². The highest BCUT2D eigenvalue weighted by atomic mass is 79.9. The predicted octanol–water partition coefficient (Wildman–Crippen LogP) is 3.24. The Morgan fingerprint density at radius 2 is 2.20 bits per heavy atom. The summed E-state index contributed by atoms with van der Waals surface area (Å²) in [6.07, 6.45) is 6.53. The summed E-state index contributed by atoms with van der Waals surface area (Å²) in [5.74, 6) is 1.45. The first-order chi connectivity index (χ1) is 12.0. The molecule has 0 unspecified atom stereocenters. The van der Waals surface area contributed by atoms with Crippen LogP contribution in [0.3, 0.4) is 0 Å². The number of nitriles is 1. The van der Waals surface area contributed by atoms with Crippen molar-refractivity contribution < 1.29 is 13.9 Å². The van der Waals surface area contributed by atoms with Crippen molar-refractivity contribution in [1.29, 1.82) is 5.26 Å². The van der Waals surface area contributed by atoms with Crippen LogP contribution in [0.5, 0.6) is 5.75 Å². The first-order valence-electron chi connectivity index (χ1n) is 6.94. The van der Waals surface area contributed by atoms with Crippen molar-refractivity contribution in [2.45, 2.75) is 0 Å². The minimum Gasteiger partial charge on any atom is -0.480 e. The molecule has 0 aliphatic carbocycles. The fraction of sp³-hybridized carbons (Fsp3) is 0.0556. The van der Waals surface area contributed by atoms with E-state index < -0.39 is 11.7 Å². The van der Waals surface area contributed by atoms with E-state index >= 15 is 0 Å². The lowest BCUT2D eigenvalue weighted by Gasteiger charge is -2.05. The lowest BCUT2D eigenvalue weighted by molar-refractivity contribution is 0.0951. The van der Waals surface area contributed by atoms with Gasteiger partial charge in [-0.05, 0) is 57.9 Å². The minimum absolute atomic E-state index is 0.134. The summed E-state index contributed by atoms with van der Waals surface area (Å²) >= 11 is 3.34. The van der Waals surface area contributed by atoms with Crippen LogP contribution >= 0.6 is 15.9 Å². The molecule has 1 N–H and O–H groups in total. The number of hydrogen-bond acceptors (Lipinski definition) is 4. The standard InChI is InChI=1S/C18H11BrFN3O2/c1-2-7-25-17-6-4-13(8-15(17)19)11-22-23-18(24)14-5-3-12(10-21)9-16(14)20/h1,3-6,8-9,11H,7H2,(H,23,24)/b22-11-. The van der Waals surface area contributed by atoms with E-state index in [0.717, 1.165) is 6.07 Å². The monoisotopic (exact) mass is 399 g/mol. The summed E-state index contributed by atoms with van der Waals surface area (Å²) in [6.45, 7) is 0.151. The first-order valence-corrected chi connectivity index (χ1v) is 7.73. The molecule has 0 aliphatic rings. The van der Waals surface area contributed by atoms with E-state index in [9.17, 15) is 9.18 Å². The number of rotatable bonds is 5. The highest BCUT2D eigenvalue weighted by Gasteiger charge is 2.11. The van der Waals surface area contributed by atoms with Gasteiger partial charge in [0, 0.05) is 0 Å². The van der Waals surface area contributed by atoms with Crippen molar-refractivity contribution in [3.8, 4) is 24.2 Å². The number of nitrogens with one attached hydrogen (secondary N) is 1. The van der Waals surface area contributed by atoms with E-state index in [0.29, 0.717) is 15.8 Å². The maximum Gasteiger partial charge on any atom is 0.274 e. The molecule has 5 nitrogen and oxygen atoms in total.